The molecular weight excluding hydrogens is 445 g/mol. The fraction of sp³-hybridized carbons (Fsp3) is 0.524. The second kappa shape index (κ2) is 7.84. The number of hydrogen-bond acceptors (Lipinski definition) is 7. The molecule has 1 aromatic heterocycles. The second-order valence-electron chi connectivity index (χ2n) is 8.57. The van der Waals surface area contributed by atoms with Crippen LogP contribution in [0.2, 0.25) is 5.02 Å². The average molecular weight is 469 g/mol. The lowest BCUT2D eigenvalue weighted by Crippen LogP contribution is -2.52. The van der Waals surface area contributed by atoms with E-state index < -0.39 is 16.8 Å². The van der Waals surface area contributed by atoms with E-state index in [1.54, 1.807) is 4.90 Å². The first-order valence-electron chi connectivity index (χ1n) is 10.6. The Kier molecular flexibility index (Phi) is 5.24. The Morgan fingerprint density at radius 2 is 1.88 bits per heavy atom. The predicted molar refractivity (Wildman–Crippen MR) is 116 cm³/mol. The Labute approximate surface area is 188 Å². The maximum Gasteiger partial charge on any atom is 0.419 e. The van der Waals surface area contributed by atoms with Crippen molar-refractivity contribution >= 4 is 28.8 Å². The van der Waals surface area contributed by atoms with Crippen molar-refractivity contribution in [3.63, 3.8) is 0 Å². The number of hydrogen-bond donors (Lipinski definition) is 2. The molecule has 32 heavy (non-hydrogen) atoms. The molecule has 0 aliphatic carbocycles. The summed E-state index contributed by atoms with van der Waals surface area (Å²) in [5.74, 6) is 0.826. The van der Waals surface area contributed by atoms with E-state index in [4.69, 9.17) is 22.1 Å². The predicted octanol–water partition coefficient (Wildman–Crippen LogP) is 3.24. The topological polar surface area (TPSA) is 79.5 Å². The zero-order valence-corrected chi connectivity index (χ0v) is 18.3. The van der Waals surface area contributed by atoms with Crippen LogP contribution in [-0.4, -0.2) is 48.8 Å². The van der Waals surface area contributed by atoms with Gasteiger partial charge in [0.25, 0.3) is 0 Å². The van der Waals surface area contributed by atoms with Crippen LogP contribution in [0.25, 0.3) is 0 Å². The molecule has 2 unspecified atom stereocenters. The number of piperazine rings is 1. The molecule has 0 spiro atoms. The van der Waals surface area contributed by atoms with Crippen molar-refractivity contribution in [1.29, 1.82) is 0 Å². The van der Waals surface area contributed by atoms with Gasteiger partial charge in [-0.2, -0.15) is 23.1 Å². The highest BCUT2D eigenvalue weighted by molar-refractivity contribution is 6.32. The van der Waals surface area contributed by atoms with Crippen LogP contribution in [0.1, 0.15) is 29.7 Å². The molecule has 0 radical (unpaired) electrons. The van der Waals surface area contributed by atoms with Gasteiger partial charge in [0.05, 0.1) is 35.6 Å². The van der Waals surface area contributed by atoms with E-state index in [0.717, 1.165) is 43.4 Å². The maximum absolute atomic E-state index is 13.8. The number of alkyl halides is 3. The summed E-state index contributed by atoms with van der Waals surface area (Å²) in [5, 5.41) is 3.20. The Morgan fingerprint density at radius 1 is 1.16 bits per heavy atom. The number of halogens is 4. The van der Waals surface area contributed by atoms with Gasteiger partial charge >= 0.3 is 12.2 Å². The molecule has 11 heteroatoms. The molecule has 3 aliphatic heterocycles. The van der Waals surface area contributed by atoms with E-state index in [1.165, 1.54) is 13.2 Å². The maximum atomic E-state index is 13.8. The lowest BCUT2D eigenvalue weighted by molar-refractivity contribution is -0.137. The van der Waals surface area contributed by atoms with Gasteiger partial charge in [0.15, 0.2) is 0 Å². The summed E-state index contributed by atoms with van der Waals surface area (Å²) in [4.78, 5) is 13.0. The zero-order valence-electron chi connectivity index (χ0n) is 17.5. The fourth-order valence-electron chi connectivity index (χ4n) is 5.06. The van der Waals surface area contributed by atoms with Gasteiger partial charge in [0.1, 0.15) is 5.82 Å². The van der Waals surface area contributed by atoms with Crippen molar-refractivity contribution < 1.29 is 17.9 Å². The number of benzene rings is 1. The minimum atomic E-state index is -4.60. The fourth-order valence-corrected chi connectivity index (χ4v) is 5.39. The highest BCUT2D eigenvalue weighted by Gasteiger charge is 2.39. The van der Waals surface area contributed by atoms with Crippen LogP contribution in [0, 0.1) is 0 Å². The molecule has 5 rings (SSSR count). The van der Waals surface area contributed by atoms with Gasteiger partial charge < -0.3 is 25.6 Å². The van der Waals surface area contributed by atoms with Gasteiger partial charge in [-0.3, -0.25) is 0 Å². The van der Waals surface area contributed by atoms with Crippen molar-refractivity contribution in [3.05, 3.63) is 34.0 Å². The number of anilines is 3. The molecule has 2 bridgehead atoms. The first-order valence-corrected chi connectivity index (χ1v) is 11.0. The number of aromatic nitrogens is 2. The van der Waals surface area contributed by atoms with E-state index in [9.17, 15) is 13.2 Å². The molecular formula is C21H24ClF3N6O. The molecule has 4 heterocycles. The van der Waals surface area contributed by atoms with E-state index in [0.29, 0.717) is 30.7 Å². The van der Waals surface area contributed by atoms with Crippen LogP contribution in [-0.2, 0) is 19.1 Å². The van der Waals surface area contributed by atoms with Gasteiger partial charge in [-0.05, 0) is 31.4 Å². The molecule has 3 N–H and O–H groups in total. The van der Waals surface area contributed by atoms with Gasteiger partial charge in [0, 0.05) is 43.0 Å². The third-order valence-corrected chi connectivity index (χ3v) is 6.74. The monoisotopic (exact) mass is 468 g/mol. The summed E-state index contributed by atoms with van der Waals surface area (Å²) < 4.78 is 46.7. The smallest absolute Gasteiger partial charge is 0.419 e. The first kappa shape index (κ1) is 21.4. The number of ether oxygens (including phenoxy) is 1. The number of fused-ring (bicyclic) bond motifs is 3. The normalized spacial score (nSPS) is 22.8. The summed E-state index contributed by atoms with van der Waals surface area (Å²) in [5.41, 5.74) is 6.73. The highest BCUT2D eigenvalue weighted by Crippen LogP contribution is 2.44. The minimum Gasteiger partial charge on any atom is -0.467 e. The van der Waals surface area contributed by atoms with Crippen molar-refractivity contribution in [3.8, 4) is 6.01 Å². The van der Waals surface area contributed by atoms with Crippen LogP contribution in [0.4, 0.5) is 30.4 Å². The Hall–Kier alpha value is -2.46. The molecule has 2 atom stereocenters. The van der Waals surface area contributed by atoms with Crippen molar-refractivity contribution in [2.24, 2.45) is 0 Å². The second-order valence-corrected chi connectivity index (χ2v) is 8.98. The van der Waals surface area contributed by atoms with Crippen LogP contribution < -0.4 is 25.6 Å². The van der Waals surface area contributed by atoms with Crippen LogP contribution >= 0.6 is 11.6 Å². The Morgan fingerprint density at radius 3 is 2.53 bits per heavy atom. The third kappa shape index (κ3) is 3.79. The molecule has 3 aliphatic rings. The average Bonchev–Trinajstić information content (AvgIpc) is 3.08. The SMILES string of the molecule is COc1nc2c(c(N3CC4CCC(C3)N4)n1)CCN(c1cc(N)cc(Cl)c1C(F)(F)F)C2. The molecule has 0 amide bonds. The summed E-state index contributed by atoms with van der Waals surface area (Å²) in [6.45, 7) is 2.24. The number of nitrogen functional groups attached to an aromatic ring is 1. The lowest BCUT2D eigenvalue weighted by atomic mass is 10.0. The Bertz CT molecular complexity index is 1040. The molecule has 1 aromatic carbocycles. The summed E-state index contributed by atoms with van der Waals surface area (Å²) in [6.07, 6.45) is -1.82. The van der Waals surface area contributed by atoms with E-state index in [-0.39, 0.29) is 23.9 Å². The minimum absolute atomic E-state index is 0.0347. The largest absolute Gasteiger partial charge is 0.467 e. The zero-order chi connectivity index (χ0) is 22.6. The molecule has 0 saturated carbocycles. The molecule has 172 valence electrons. The van der Waals surface area contributed by atoms with Crippen LogP contribution in [0.5, 0.6) is 6.01 Å². The number of nitrogens with zero attached hydrogens (tertiary/aromatic N) is 4. The number of nitrogens with one attached hydrogen (secondary N) is 1. The van der Waals surface area contributed by atoms with Gasteiger partial charge in [-0.25, -0.2) is 0 Å². The summed E-state index contributed by atoms with van der Waals surface area (Å²) in [7, 11) is 1.49. The lowest BCUT2D eigenvalue weighted by Gasteiger charge is -2.38. The standard InChI is InChI=1S/C21H24ClF3N6O/c1-32-20-28-16-10-30(17-7-11(26)6-15(22)18(17)21(23,24)25)5-4-14(16)19(29-20)31-8-12-2-3-13(9-31)27-12/h6-7,12-13,27H,2-5,8-10,26H2,1H3. The van der Waals surface area contributed by atoms with E-state index in [2.05, 4.69) is 20.2 Å². The van der Waals surface area contributed by atoms with Crippen molar-refractivity contribution in [2.45, 2.75) is 44.1 Å². The molecule has 2 aromatic rings. The van der Waals surface area contributed by atoms with Gasteiger partial charge in [-0.1, -0.05) is 11.6 Å². The molecule has 2 fully saturated rings. The van der Waals surface area contributed by atoms with E-state index in [1.807, 2.05) is 0 Å². The number of rotatable bonds is 3. The van der Waals surface area contributed by atoms with Gasteiger partial charge in [0.2, 0.25) is 0 Å². The quantitative estimate of drug-likeness (QED) is 0.669. The number of methoxy groups -OCH3 is 1. The van der Waals surface area contributed by atoms with Crippen molar-refractivity contribution in [1.82, 2.24) is 15.3 Å². The van der Waals surface area contributed by atoms with Crippen LogP contribution in [0.3, 0.4) is 0 Å². The third-order valence-electron chi connectivity index (χ3n) is 6.44. The van der Waals surface area contributed by atoms with Crippen LogP contribution in [0.15, 0.2) is 12.1 Å². The number of nitrogens with two attached hydrogens (primary N) is 1. The summed E-state index contributed by atoms with van der Waals surface area (Å²) in [6, 6.07) is 3.53. The Balaban J connectivity index is 1.52. The van der Waals surface area contributed by atoms with E-state index >= 15 is 0 Å². The first-order chi connectivity index (χ1) is 15.2. The highest BCUT2D eigenvalue weighted by atomic mass is 35.5. The summed E-state index contributed by atoms with van der Waals surface area (Å²) >= 11 is 5.96. The molecule has 2 saturated heterocycles. The molecule has 7 nitrogen and oxygen atoms in total. The van der Waals surface area contributed by atoms with Gasteiger partial charge in [-0.15, -0.1) is 0 Å². The van der Waals surface area contributed by atoms with Crippen molar-refractivity contribution in [2.75, 3.05) is 42.3 Å².